The molecule has 20 heavy (non-hydrogen) atoms. The zero-order chi connectivity index (χ0) is 14.4. The molecule has 1 heterocycles. The van der Waals surface area contributed by atoms with Gasteiger partial charge in [0.25, 0.3) is 0 Å². The van der Waals surface area contributed by atoms with Crippen molar-refractivity contribution >= 4 is 12.2 Å². The van der Waals surface area contributed by atoms with Gasteiger partial charge in [-0.15, -0.1) is 0 Å². The summed E-state index contributed by atoms with van der Waals surface area (Å²) < 4.78 is 5.03. The second-order valence-corrected chi connectivity index (χ2v) is 4.88. The summed E-state index contributed by atoms with van der Waals surface area (Å²) >= 11 is 0. The van der Waals surface area contributed by atoms with Gasteiger partial charge in [-0.1, -0.05) is 44.2 Å². The maximum Gasteiger partial charge on any atom is 0.246 e. The largest absolute Gasteiger partial charge is 0.481 e. The molecule has 2 rings (SSSR count). The van der Waals surface area contributed by atoms with E-state index in [0.29, 0.717) is 11.8 Å². The predicted octanol–water partition coefficient (Wildman–Crippen LogP) is 2.86. The van der Waals surface area contributed by atoms with E-state index in [1.54, 1.807) is 19.4 Å². The Hall–Kier alpha value is -2.43. The van der Waals surface area contributed by atoms with Gasteiger partial charge in [-0.05, 0) is 5.56 Å². The first-order valence-corrected chi connectivity index (χ1v) is 6.34. The summed E-state index contributed by atoms with van der Waals surface area (Å²) in [6.07, 6.45) is 3.46. The van der Waals surface area contributed by atoms with Crippen LogP contribution in [-0.4, -0.2) is 23.3 Å². The average molecular weight is 270 g/mol. The number of benzene rings is 1. The lowest BCUT2D eigenvalue weighted by molar-refractivity contribution is 0.397. The van der Waals surface area contributed by atoms with Crippen LogP contribution in [-0.2, 0) is 5.41 Å². The lowest BCUT2D eigenvalue weighted by Crippen LogP contribution is -2.19. The molecule has 2 aromatic rings. The highest BCUT2D eigenvalue weighted by Gasteiger charge is 2.17. The van der Waals surface area contributed by atoms with Crippen LogP contribution in [0.4, 0.5) is 5.95 Å². The van der Waals surface area contributed by atoms with E-state index in [4.69, 9.17) is 4.74 Å². The van der Waals surface area contributed by atoms with Gasteiger partial charge in [0, 0.05) is 23.9 Å². The van der Waals surface area contributed by atoms with E-state index in [9.17, 15) is 0 Å². The molecular weight excluding hydrogens is 252 g/mol. The topological polar surface area (TPSA) is 59.4 Å². The summed E-state index contributed by atoms with van der Waals surface area (Å²) in [5.41, 5.74) is 3.83. The first-order chi connectivity index (χ1) is 9.62. The molecule has 0 aliphatic heterocycles. The highest BCUT2D eigenvalue weighted by molar-refractivity contribution is 5.72. The van der Waals surface area contributed by atoms with E-state index in [-0.39, 0.29) is 5.41 Å². The summed E-state index contributed by atoms with van der Waals surface area (Å²) in [7, 11) is 1.56. The standard InChI is InChI=1S/C15H18N4O/c1-15(2,12-7-5-4-6-8-12)11-17-19-14-16-10-9-13(18-14)20-3/h4-11H,1-3H3,(H,16,18,19)/b17-11+. The first kappa shape index (κ1) is 14.0. The minimum Gasteiger partial charge on any atom is -0.481 e. The zero-order valence-corrected chi connectivity index (χ0v) is 11.9. The van der Waals surface area contributed by atoms with Gasteiger partial charge in [-0.25, -0.2) is 10.4 Å². The molecule has 0 spiro atoms. The molecular formula is C15H18N4O. The maximum atomic E-state index is 5.03. The van der Waals surface area contributed by atoms with E-state index >= 15 is 0 Å². The first-order valence-electron chi connectivity index (χ1n) is 6.34. The van der Waals surface area contributed by atoms with Crippen LogP contribution < -0.4 is 10.2 Å². The van der Waals surface area contributed by atoms with E-state index in [1.807, 2.05) is 24.4 Å². The van der Waals surface area contributed by atoms with Crippen molar-refractivity contribution in [2.75, 3.05) is 12.5 Å². The fourth-order valence-corrected chi connectivity index (χ4v) is 1.70. The molecule has 0 saturated carbocycles. The normalized spacial score (nSPS) is 11.6. The Morgan fingerprint density at radius 2 is 1.95 bits per heavy atom. The lowest BCUT2D eigenvalue weighted by atomic mass is 9.86. The van der Waals surface area contributed by atoms with Crippen LogP contribution in [0.1, 0.15) is 19.4 Å². The van der Waals surface area contributed by atoms with E-state index in [1.165, 1.54) is 5.56 Å². The SMILES string of the molecule is COc1ccnc(N/N=C/C(C)(C)c2ccccc2)n1. The number of methoxy groups -OCH3 is 1. The molecule has 0 saturated heterocycles. The number of nitrogens with zero attached hydrogens (tertiary/aromatic N) is 3. The summed E-state index contributed by atoms with van der Waals surface area (Å²) in [6, 6.07) is 11.9. The molecule has 0 bridgehead atoms. The molecule has 1 aromatic heterocycles. The number of hydrogen-bond donors (Lipinski definition) is 1. The molecule has 1 aromatic carbocycles. The molecule has 0 radical (unpaired) electrons. The number of hydrazone groups is 1. The summed E-state index contributed by atoms with van der Waals surface area (Å²) in [4.78, 5) is 8.19. The van der Waals surface area contributed by atoms with Crippen molar-refractivity contribution in [2.45, 2.75) is 19.3 Å². The third-order valence-electron chi connectivity index (χ3n) is 2.91. The van der Waals surface area contributed by atoms with Gasteiger partial charge in [0.15, 0.2) is 0 Å². The van der Waals surface area contributed by atoms with Gasteiger partial charge in [0.05, 0.1) is 7.11 Å². The van der Waals surface area contributed by atoms with Crippen LogP contribution in [0.5, 0.6) is 5.88 Å². The summed E-state index contributed by atoms with van der Waals surface area (Å²) in [5.74, 6) is 0.907. The molecule has 0 amide bonds. The number of rotatable bonds is 5. The molecule has 0 aliphatic rings. The third kappa shape index (κ3) is 3.54. The smallest absolute Gasteiger partial charge is 0.246 e. The second kappa shape index (κ2) is 6.14. The van der Waals surface area contributed by atoms with Crippen molar-refractivity contribution in [3.05, 3.63) is 48.2 Å². The number of aromatic nitrogens is 2. The van der Waals surface area contributed by atoms with Gasteiger partial charge in [-0.3, -0.25) is 0 Å². The highest BCUT2D eigenvalue weighted by atomic mass is 16.5. The van der Waals surface area contributed by atoms with Gasteiger partial charge in [0.2, 0.25) is 11.8 Å². The van der Waals surface area contributed by atoms with Crippen LogP contribution in [0.2, 0.25) is 0 Å². The van der Waals surface area contributed by atoms with Crippen molar-refractivity contribution in [2.24, 2.45) is 5.10 Å². The van der Waals surface area contributed by atoms with Crippen LogP contribution in [0.3, 0.4) is 0 Å². The van der Waals surface area contributed by atoms with Gasteiger partial charge in [0.1, 0.15) is 0 Å². The Labute approximate surface area is 118 Å². The number of ether oxygens (including phenoxy) is 1. The lowest BCUT2D eigenvalue weighted by Gasteiger charge is -2.19. The van der Waals surface area contributed by atoms with Gasteiger partial charge in [-0.2, -0.15) is 10.1 Å². The van der Waals surface area contributed by atoms with Crippen molar-refractivity contribution in [3.63, 3.8) is 0 Å². The third-order valence-corrected chi connectivity index (χ3v) is 2.91. The average Bonchev–Trinajstić information content (AvgIpc) is 2.48. The molecule has 0 fully saturated rings. The molecule has 0 aliphatic carbocycles. The van der Waals surface area contributed by atoms with Crippen LogP contribution in [0.25, 0.3) is 0 Å². The Morgan fingerprint density at radius 3 is 2.65 bits per heavy atom. The zero-order valence-electron chi connectivity index (χ0n) is 11.9. The number of nitrogens with one attached hydrogen (secondary N) is 1. The molecule has 0 atom stereocenters. The van der Waals surface area contributed by atoms with Crippen molar-refractivity contribution < 1.29 is 4.74 Å². The Morgan fingerprint density at radius 1 is 1.20 bits per heavy atom. The predicted molar refractivity (Wildman–Crippen MR) is 80.2 cm³/mol. The minimum absolute atomic E-state index is 0.173. The Kier molecular flexibility index (Phi) is 4.30. The summed E-state index contributed by atoms with van der Waals surface area (Å²) in [5, 5.41) is 4.21. The quantitative estimate of drug-likeness (QED) is 0.670. The van der Waals surface area contributed by atoms with Crippen molar-refractivity contribution in [1.29, 1.82) is 0 Å². The van der Waals surface area contributed by atoms with Crippen molar-refractivity contribution in [3.8, 4) is 5.88 Å². The van der Waals surface area contributed by atoms with E-state index in [2.05, 4.69) is 46.5 Å². The Bertz CT molecular complexity index is 581. The van der Waals surface area contributed by atoms with Crippen molar-refractivity contribution in [1.82, 2.24) is 9.97 Å². The van der Waals surface area contributed by atoms with Crippen LogP contribution >= 0.6 is 0 Å². The molecule has 5 heteroatoms. The molecule has 1 N–H and O–H groups in total. The fourth-order valence-electron chi connectivity index (χ4n) is 1.70. The molecule has 5 nitrogen and oxygen atoms in total. The van der Waals surface area contributed by atoms with E-state index < -0.39 is 0 Å². The molecule has 0 unspecified atom stereocenters. The number of hydrogen-bond acceptors (Lipinski definition) is 5. The Balaban J connectivity index is 2.05. The fraction of sp³-hybridized carbons (Fsp3) is 0.267. The highest BCUT2D eigenvalue weighted by Crippen LogP contribution is 2.20. The van der Waals surface area contributed by atoms with Crippen LogP contribution in [0, 0.1) is 0 Å². The monoisotopic (exact) mass is 270 g/mol. The summed E-state index contributed by atoms with van der Waals surface area (Å²) in [6.45, 7) is 4.19. The molecule has 104 valence electrons. The maximum absolute atomic E-state index is 5.03. The van der Waals surface area contributed by atoms with Gasteiger partial charge >= 0.3 is 0 Å². The van der Waals surface area contributed by atoms with E-state index in [0.717, 1.165) is 0 Å². The van der Waals surface area contributed by atoms with Gasteiger partial charge < -0.3 is 4.74 Å². The van der Waals surface area contributed by atoms with Crippen LogP contribution in [0.15, 0.2) is 47.7 Å². The second-order valence-electron chi connectivity index (χ2n) is 4.88. The number of anilines is 1. The minimum atomic E-state index is -0.173.